The number of nitrogens with zero attached hydrogens (tertiary/aromatic N) is 2. The summed E-state index contributed by atoms with van der Waals surface area (Å²) in [6.45, 7) is 2.53. The fourth-order valence-electron chi connectivity index (χ4n) is 1.59. The third-order valence-corrected chi connectivity index (χ3v) is 2.41. The van der Waals surface area contributed by atoms with Crippen LogP contribution in [-0.2, 0) is 6.54 Å². The quantitative estimate of drug-likeness (QED) is 0.498. The molecule has 0 unspecified atom stereocenters. The summed E-state index contributed by atoms with van der Waals surface area (Å²) in [5.41, 5.74) is 8.91. The standard InChI is InChI=1S/C14H16N4.HI/c1-11-7-12(9-16-8-11)10-17-14(15)18-13-5-3-2-4-6-13;/h2-9H,10H2,1H3,(H3,15,17,18);1H. The molecule has 3 N–H and O–H groups in total. The Bertz CT molecular complexity index is 540. The van der Waals surface area contributed by atoms with Gasteiger partial charge in [-0.3, -0.25) is 4.98 Å². The van der Waals surface area contributed by atoms with Crippen molar-refractivity contribution in [1.82, 2.24) is 4.98 Å². The van der Waals surface area contributed by atoms with Crippen LogP contribution in [0, 0.1) is 6.92 Å². The fraction of sp³-hybridized carbons (Fsp3) is 0.143. The Hall–Kier alpha value is -1.63. The first-order valence-corrected chi connectivity index (χ1v) is 5.76. The second-order valence-electron chi connectivity index (χ2n) is 4.06. The van der Waals surface area contributed by atoms with Gasteiger partial charge >= 0.3 is 0 Å². The number of nitrogens with two attached hydrogens (primary N) is 1. The SMILES string of the molecule is Cc1cncc(CN=C(N)Nc2ccccc2)c1.I. The first-order chi connectivity index (χ1) is 8.74. The summed E-state index contributed by atoms with van der Waals surface area (Å²) in [7, 11) is 0. The van der Waals surface area contributed by atoms with E-state index in [1.165, 1.54) is 0 Å². The van der Waals surface area contributed by atoms with E-state index in [1.54, 1.807) is 6.20 Å². The van der Waals surface area contributed by atoms with E-state index in [-0.39, 0.29) is 24.0 Å². The van der Waals surface area contributed by atoms with Crippen molar-refractivity contribution in [3.63, 3.8) is 0 Å². The highest BCUT2D eigenvalue weighted by Crippen LogP contribution is 2.05. The number of guanidine groups is 1. The number of hydrogen-bond acceptors (Lipinski definition) is 2. The van der Waals surface area contributed by atoms with E-state index in [0.29, 0.717) is 12.5 Å². The minimum Gasteiger partial charge on any atom is -0.370 e. The van der Waals surface area contributed by atoms with Gasteiger partial charge in [-0.05, 0) is 30.2 Å². The maximum absolute atomic E-state index is 5.81. The number of benzene rings is 1. The number of aryl methyl sites for hydroxylation is 1. The molecule has 5 heteroatoms. The van der Waals surface area contributed by atoms with Crippen molar-refractivity contribution in [1.29, 1.82) is 0 Å². The normalized spacial score (nSPS) is 10.7. The zero-order valence-corrected chi connectivity index (χ0v) is 13.0. The Morgan fingerprint density at radius 2 is 2.00 bits per heavy atom. The zero-order valence-electron chi connectivity index (χ0n) is 10.7. The predicted octanol–water partition coefficient (Wildman–Crippen LogP) is 2.93. The van der Waals surface area contributed by atoms with Crippen LogP contribution in [0.3, 0.4) is 0 Å². The first kappa shape index (κ1) is 15.4. The van der Waals surface area contributed by atoms with Gasteiger partial charge in [0, 0.05) is 18.1 Å². The van der Waals surface area contributed by atoms with Crippen LogP contribution in [0.5, 0.6) is 0 Å². The van der Waals surface area contributed by atoms with Crippen LogP contribution in [0.2, 0.25) is 0 Å². The van der Waals surface area contributed by atoms with Crippen molar-refractivity contribution in [2.24, 2.45) is 10.7 Å². The number of para-hydroxylation sites is 1. The maximum atomic E-state index is 5.81. The lowest BCUT2D eigenvalue weighted by atomic mass is 10.2. The van der Waals surface area contributed by atoms with E-state index in [0.717, 1.165) is 16.8 Å². The minimum absolute atomic E-state index is 0. The molecule has 0 saturated carbocycles. The molecule has 1 aromatic carbocycles. The Morgan fingerprint density at radius 1 is 1.26 bits per heavy atom. The molecule has 0 aliphatic carbocycles. The molecule has 0 fully saturated rings. The third-order valence-electron chi connectivity index (χ3n) is 2.41. The second kappa shape index (κ2) is 7.73. The summed E-state index contributed by atoms with van der Waals surface area (Å²) in [5.74, 6) is 0.405. The molecule has 2 aromatic rings. The molecular weight excluding hydrogens is 351 g/mol. The van der Waals surface area contributed by atoms with E-state index in [2.05, 4.69) is 15.3 Å². The molecule has 0 saturated heterocycles. The Balaban J connectivity index is 0.00000180. The Kier molecular flexibility index (Phi) is 6.27. The van der Waals surface area contributed by atoms with E-state index in [4.69, 9.17) is 5.73 Å². The molecule has 0 bridgehead atoms. The molecule has 0 spiro atoms. The van der Waals surface area contributed by atoms with Crippen LogP contribution < -0.4 is 11.1 Å². The van der Waals surface area contributed by atoms with E-state index in [9.17, 15) is 0 Å². The summed E-state index contributed by atoms with van der Waals surface area (Å²) >= 11 is 0. The van der Waals surface area contributed by atoms with Crippen molar-refractivity contribution in [3.05, 3.63) is 59.9 Å². The molecule has 2 rings (SSSR count). The van der Waals surface area contributed by atoms with Gasteiger partial charge < -0.3 is 11.1 Å². The summed E-state index contributed by atoms with van der Waals surface area (Å²) < 4.78 is 0. The molecule has 0 aliphatic rings. The summed E-state index contributed by atoms with van der Waals surface area (Å²) in [4.78, 5) is 8.39. The summed E-state index contributed by atoms with van der Waals surface area (Å²) in [5, 5.41) is 3.03. The number of anilines is 1. The number of rotatable bonds is 3. The van der Waals surface area contributed by atoms with Crippen LogP contribution in [0.1, 0.15) is 11.1 Å². The van der Waals surface area contributed by atoms with Crippen molar-refractivity contribution in [2.75, 3.05) is 5.32 Å². The minimum atomic E-state index is 0. The fourth-order valence-corrected chi connectivity index (χ4v) is 1.59. The van der Waals surface area contributed by atoms with Gasteiger partial charge in [0.1, 0.15) is 0 Å². The lowest BCUT2D eigenvalue weighted by Crippen LogP contribution is -2.22. The molecular formula is C14H17IN4. The van der Waals surface area contributed by atoms with Crippen molar-refractivity contribution in [3.8, 4) is 0 Å². The topological polar surface area (TPSA) is 63.3 Å². The van der Waals surface area contributed by atoms with Gasteiger partial charge in [0.2, 0.25) is 0 Å². The summed E-state index contributed by atoms with van der Waals surface area (Å²) in [6.07, 6.45) is 3.62. The number of nitrogens with one attached hydrogen (secondary N) is 1. The molecule has 1 aromatic heterocycles. The maximum Gasteiger partial charge on any atom is 0.193 e. The van der Waals surface area contributed by atoms with Gasteiger partial charge in [-0.1, -0.05) is 24.3 Å². The molecule has 1 heterocycles. The monoisotopic (exact) mass is 368 g/mol. The first-order valence-electron chi connectivity index (χ1n) is 5.76. The van der Waals surface area contributed by atoms with Gasteiger partial charge in [0.05, 0.1) is 6.54 Å². The predicted molar refractivity (Wildman–Crippen MR) is 89.8 cm³/mol. The molecule has 0 radical (unpaired) electrons. The molecule has 100 valence electrons. The number of hydrogen-bond donors (Lipinski definition) is 2. The second-order valence-corrected chi connectivity index (χ2v) is 4.06. The molecule has 0 aliphatic heterocycles. The number of halogens is 1. The Labute approximate surface area is 130 Å². The lowest BCUT2D eigenvalue weighted by molar-refractivity contribution is 1.03. The van der Waals surface area contributed by atoms with Crippen LogP contribution >= 0.6 is 24.0 Å². The average molecular weight is 368 g/mol. The smallest absolute Gasteiger partial charge is 0.193 e. The van der Waals surface area contributed by atoms with Crippen LogP contribution in [0.4, 0.5) is 5.69 Å². The van der Waals surface area contributed by atoms with Gasteiger partial charge in [0.25, 0.3) is 0 Å². The summed E-state index contributed by atoms with van der Waals surface area (Å²) in [6, 6.07) is 11.8. The van der Waals surface area contributed by atoms with Crippen LogP contribution in [-0.4, -0.2) is 10.9 Å². The highest BCUT2D eigenvalue weighted by molar-refractivity contribution is 14.0. The van der Waals surface area contributed by atoms with Crippen molar-refractivity contribution >= 4 is 35.6 Å². The van der Waals surface area contributed by atoms with Gasteiger partial charge in [0.15, 0.2) is 5.96 Å². The van der Waals surface area contributed by atoms with Gasteiger partial charge in [-0.25, -0.2) is 4.99 Å². The van der Waals surface area contributed by atoms with Crippen molar-refractivity contribution < 1.29 is 0 Å². The highest BCUT2D eigenvalue weighted by Gasteiger charge is 1.95. The largest absolute Gasteiger partial charge is 0.370 e. The van der Waals surface area contributed by atoms with Crippen molar-refractivity contribution in [2.45, 2.75) is 13.5 Å². The molecule has 0 atom stereocenters. The average Bonchev–Trinajstić information content (AvgIpc) is 2.38. The molecule has 0 amide bonds. The highest BCUT2D eigenvalue weighted by atomic mass is 127. The third kappa shape index (κ3) is 5.25. The van der Waals surface area contributed by atoms with Crippen LogP contribution in [0.25, 0.3) is 0 Å². The molecule has 4 nitrogen and oxygen atoms in total. The van der Waals surface area contributed by atoms with E-state index >= 15 is 0 Å². The van der Waals surface area contributed by atoms with Gasteiger partial charge in [-0.2, -0.15) is 0 Å². The lowest BCUT2D eigenvalue weighted by Gasteiger charge is -2.05. The number of pyridine rings is 1. The van der Waals surface area contributed by atoms with E-state index in [1.807, 2.05) is 49.5 Å². The van der Waals surface area contributed by atoms with E-state index < -0.39 is 0 Å². The zero-order chi connectivity index (χ0) is 12.8. The van der Waals surface area contributed by atoms with Gasteiger partial charge in [-0.15, -0.1) is 24.0 Å². The number of aromatic nitrogens is 1. The molecule has 19 heavy (non-hydrogen) atoms. The van der Waals surface area contributed by atoms with Crippen LogP contribution in [0.15, 0.2) is 53.8 Å². The Morgan fingerprint density at radius 3 is 2.68 bits per heavy atom. The number of aliphatic imine (C=N–C) groups is 1.